The predicted octanol–water partition coefficient (Wildman–Crippen LogP) is 1.96. The zero-order valence-corrected chi connectivity index (χ0v) is 9.97. The third-order valence-corrected chi connectivity index (χ3v) is 2.84. The summed E-state index contributed by atoms with van der Waals surface area (Å²) in [5.41, 5.74) is 6.59. The van der Waals surface area contributed by atoms with Gasteiger partial charge in [0, 0.05) is 17.0 Å². The second-order valence-corrected chi connectivity index (χ2v) is 4.18. The smallest absolute Gasteiger partial charge is 0.275 e. The van der Waals surface area contributed by atoms with Gasteiger partial charge in [0.2, 0.25) is 5.91 Å². The number of nitro benzene ring substituents is 1. The van der Waals surface area contributed by atoms with Crippen molar-refractivity contribution in [2.75, 3.05) is 0 Å². The SMILES string of the molecule is Cc1cccc(CCC(C)C(N)=O)c1[N+](=O)[O-]. The summed E-state index contributed by atoms with van der Waals surface area (Å²) < 4.78 is 0. The van der Waals surface area contributed by atoms with Crippen LogP contribution >= 0.6 is 0 Å². The van der Waals surface area contributed by atoms with E-state index in [9.17, 15) is 14.9 Å². The maximum atomic E-state index is 10.9. The first kappa shape index (κ1) is 13.2. The Hall–Kier alpha value is -1.91. The van der Waals surface area contributed by atoms with E-state index in [1.807, 2.05) is 0 Å². The summed E-state index contributed by atoms with van der Waals surface area (Å²) in [6.45, 7) is 3.43. The van der Waals surface area contributed by atoms with Gasteiger partial charge in [0.1, 0.15) is 0 Å². The third kappa shape index (κ3) is 3.27. The van der Waals surface area contributed by atoms with E-state index in [1.54, 1.807) is 32.0 Å². The van der Waals surface area contributed by atoms with Crippen LogP contribution in [-0.4, -0.2) is 10.8 Å². The van der Waals surface area contributed by atoms with E-state index in [-0.39, 0.29) is 22.4 Å². The van der Waals surface area contributed by atoms with E-state index in [0.29, 0.717) is 24.0 Å². The second kappa shape index (κ2) is 5.43. The molecule has 0 fully saturated rings. The van der Waals surface area contributed by atoms with Gasteiger partial charge in [-0.25, -0.2) is 0 Å². The van der Waals surface area contributed by atoms with Gasteiger partial charge in [-0.15, -0.1) is 0 Å². The van der Waals surface area contributed by atoms with Gasteiger partial charge in [-0.3, -0.25) is 14.9 Å². The summed E-state index contributed by atoms with van der Waals surface area (Å²) in [5, 5.41) is 10.9. The van der Waals surface area contributed by atoms with Crippen LogP contribution in [0.1, 0.15) is 24.5 Å². The molecule has 0 aromatic heterocycles. The van der Waals surface area contributed by atoms with Crippen molar-refractivity contribution in [3.05, 3.63) is 39.4 Å². The first-order valence-electron chi connectivity index (χ1n) is 5.45. The monoisotopic (exact) mass is 236 g/mol. The van der Waals surface area contributed by atoms with Crippen molar-refractivity contribution in [2.24, 2.45) is 11.7 Å². The molecule has 0 heterocycles. The van der Waals surface area contributed by atoms with Gasteiger partial charge < -0.3 is 5.73 Å². The van der Waals surface area contributed by atoms with Crippen LogP contribution in [-0.2, 0) is 11.2 Å². The average molecular weight is 236 g/mol. The topological polar surface area (TPSA) is 86.2 Å². The predicted molar refractivity (Wildman–Crippen MR) is 64.5 cm³/mol. The highest BCUT2D eigenvalue weighted by Crippen LogP contribution is 2.25. The number of hydrogen-bond donors (Lipinski definition) is 1. The van der Waals surface area contributed by atoms with Gasteiger partial charge in [0.05, 0.1) is 4.92 Å². The van der Waals surface area contributed by atoms with E-state index in [4.69, 9.17) is 5.73 Å². The Morgan fingerprint density at radius 3 is 2.71 bits per heavy atom. The number of para-hydroxylation sites is 1. The number of benzene rings is 1. The van der Waals surface area contributed by atoms with Gasteiger partial charge in [-0.05, 0) is 19.8 Å². The minimum atomic E-state index is -0.375. The van der Waals surface area contributed by atoms with Crippen LogP contribution in [0.2, 0.25) is 0 Å². The van der Waals surface area contributed by atoms with Crippen molar-refractivity contribution in [3.63, 3.8) is 0 Å². The molecule has 5 nitrogen and oxygen atoms in total. The van der Waals surface area contributed by atoms with Crippen molar-refractivity contribution < 1.29 is 9.72 Å². The summed E-state index contributed by atoms with van der Waals surface area (Å²) in [6.07, 6.45) is 1.02. The second-order valence-electron chi connectivity index (χ2n) is 4.18. The Morgan fingerprint density at radius 2 is 2.18 bits per heavy atom. The molecule has 0 saturated carbocycles. The molecule has 17 heavy (non-hydrogen) atoms. The maximum absolute atomic E-state index is 10.9. The fourth-order valence-electron chi connectivity index (χ4n) is 1.70. The molecule has 1 unspecified atom stereocenters. The summed E-state index contributed by atoms with van der Waals surface area (Å²) in [7, 11) is 0. The minimum Gasteiger partial charge on any atom is -0.369 e. The maximum Gasteiger partial charge on any atom is 0.275 e. The summed E-state index contributed by atoms with van der Waals surface area (Å²) in [5.74, 6) is -0.643. The number of primary amides is 1. The molecule has 0 aliphatic carbocycles. The minimum absolute atomic E-state index is 0.143. The molecule has 0 bridgehead atoms. The lowest BCUT2D eigenvalue weighted by Crippen LogP contribution is -2.21. The van der Waals surface area contributed by atoms with Crippen LogP contribution in [0.25, 0.3) is 0 Å². The molecule has 1 atom stereocenters. The lowest BCUT2D eigenvalue weighted by molar-refractivity contribution is -0.386. The summed E-state index contributed by atoms with van der Waals surface area (Å²) in [4.78, 5) is 21.5. The lowest BCUT2D eigenvalue weighted by atomic mass is 9.98. The number of nitrogens with zero attached hydrogens (tertiary/aromatic N) is 1. The number of nitrogens with two attached hydrogens (primary N) is 1. The fourth-order valence-corrected chi connectivity index (χ4v) is 1.70. The molecule has 5 heteroatoms. The van der Waals surface area contributed by atoms with E-state index < -0.39 is 0 Å². The zero-order valence-electron chi connectivity index (χ0n) is 9.97. The number of nitro groups is 1. The summed E-state index contributed by atoms with van der Waals surface area (Å²) >= 11 is 0. The number of carbonyl (C=O) groups is 1. The van der Waals surface area contributed by atoms with E-state index in [0.717, 1.165) is 0 Å². The van der Waals surface area contributed by atoms with Crippen molar-refractivity contribution >= 4 is 11.6 Å². The van der Waals surface area contributed by atoms with Gasteiger partial charge >= 0.3 is 0 Å². The Kier molecular flexibility index (Phi) is 4.20. The average Bonchev–Trinajstić information content (AvgIpc) is 2.24. The molecule has 0 aliphatic heterocycles. The first-order valence-corrected chi connectivity index (χ1v) is 5.45. The van der Waals surface area contributed by atoms with Crippen LogP contribution in [0, 0.1) is 23.0 Å². The van der Waals surface area contributed by atoms with Gasteiger partial charge in [0.25, 0.3) is 5.69 Å². The highest BCUT2D eigenvalue weighted by molar-refractivity contribution is 5.76. The van der Waals surface area contributed by atoms with E-state index in [2.05, 4.69) is 0 Å². The normalized spacial score (nSPS) is 12.1. The van der Waals surface area contributed by atoms with E-state index >= 15 is 0 Å². The molecule has 0 radical (unpaired) electrons. The molecular formula is C12H16N2O3. The number of carbonyl (C=O) groups excluding carboxylic acids is 1. The van der Waals surface area contributed by atoms with Crippen molar-refractivity contribution in [3.8, 4) is 0 Å². The standard InChI is InChI=1S/C12H16N2O3/c1-8-4-3-5-10(11(8)14(16)17)7-6-9(2)12(13)15/h3-5,9H,6-7H2,1-2H3,(H2,13,15). The molecule has 0 spiro atoms. The number of aryl methyl sites for hydroxylation is 2. The molecule has 0 aliphatic rings. The van der Waals surface area contributed by atoms with Crippen LogP contribution in [0.3, 0.4) is 0 Å². The fraction of sp³-hybridized carbons (Fsp3) is 0.417. The molecule has 0 saturated heterocycles. The van der Waals surface area contributed by atoms with Crippen LogP contribution < -0.4 is 5.73 Å². The third-order valence-electron chi connectivity index (χ3n) is 2.84. The van der Waals surface area contributed by atoms with Crippen LogP contribution in [0.5, 0.6) is 0 Å². The quantitative estimate of drug-likeness (QED) is 0.626. The highest BCUT2D eigenvalue weighted by atomic mass is 16.6. The molecule has 1 amide bonds. The van der Waals surface area contributed by atoms with Crippen LogP contribution in [0.4, 0.5) is 5.69 Å². The number of rotatable bonds is 5. The Bertz CT molecular complexity index is 443. The largest absolute Gasteiger partial charge is 0.369 e. The molecule has 1 aromatic rings. The van der Waals surface area contributed by atoms with Gasteiger partial charge in [-0.2, -0.15) is 0 Å². The number of amides is 1. The van der Waals surface area contributed by atoms with Gasteiger partial charge in [-0.1, -0.05) is 25.1 Å². The van der Waals surface area contributed by atoms with Gasteiger partial charge in [0.15, 0.2) is 0 Å². The molecule has 2 N–H and O–H groups in total. The van der Waals surface area contributed by atoms with Crippen molar-refractivity contribution in [2.45, 2.75) is 26.7 Å². The Balaban J connectivity index is 2.88. The highest BCUT2D eigenvalue weighted by Gasteiger charge is 2.18. The molecule has 92 valence electrons. The molecule has 1 aromatic carbocycles. The molecular weight excluding hydrogens is 220 g/mol. The van der Waals surface area contributed by atoms with Crippen molar-refractivity contribution in [1.29, 1.82) is 0 Å². The Labute approximate surface area is 99.8 Å². The summed E-state index contributed by atoms with van der Waals surface area (Å²) in [6, 6.07) is 5.21. The lowest BCUT2D eigenvalue weighted by Gasteiger charge is -2.08. The Morgan fingerprint density at radius 1 is 1.53 bits per heavy atom. The van der Waals surface area contributed by atoms with Crippen molar-refractivity contribution in [1.82, 2.24) is 0 Å². The first-order chi connectivity index (χ1) is 7.93. The van der Waals surface area contributed by atoms with Crippen LogP contribution in [0.15, 0.2) is 18.2 Å². The zero-order chi connectivity index (χ0) is 13.0. The number of hydrogen-bond acceptors (Lipinski definition) is 3. The molecule has 1 rings (SSSR count). The van der Waals surface area contributed by atoms with E-state index in [1.165, 1.54) is 0 Å².